The van der Waals surface area contributed by atoms with Crippen LogP contribution >= 0.6 is 0 Å². The van der Waals surface area contributed by atoms with Crippen LogP contribution in [-0.2, 0) is 26.1 Å². The van der Waals surface area contributed by atoms with Crippen molar-refractivity contribution in [3.63, 3.8) is 0 Å². The minimum atomic E-state index is 0.406. The molecular formula is C2H5HgO. The van der Waals surface area contributed by atoms with Crippen molar-refractivity contribution < 1.29 is 31.2 Å². The van der Waals surface area contributed by atoms with E-state index in [9.17, 15) is 0 Å². The Labute approximate surface area is 42.0 Å². The first kappa shape index (κ1) is 4.90. The van der Waals surface area contributed by atoms with Crippen LogP contribution in [0.25, 0.3) is 0 Å². The van der Waals surface area contributed by atoms with Crippen LogP contribution in [0.1, 0.15) is 0 Å². The predicted molar refractivity (Wildman–Crippen MR) is 11.9 cm³/mol. The first-order chi connectivity index (χ1) is 1.91. The molecule has 0 fully saturated rings. The summed E-state index contributed by atoms with van der Waals surface area (Å²) < 4.78 is 1.07. The Morgan fingerprint density at radius 2 is 2.00 bits per heavy atom. The maximum absolute atomic E-state index is 7.92. The molecule has 0 rings (SSSR count). The van der Waals surface area contributed by atoms with Gasteiger partial charge >= 0.3 is 41.8 Å². The van der Waals surface area contributed by atoms with E-state index in [2.05, 4.69) is 0 Å². The Hall–Kier alpha value is 0.895. The summed E-state index contributed by atoms with van der Waals surface area (Å²) in [7, 11) is 0. The second kappa shape index (κ2) is 3.90. The minimum absolute atomic E-state index is 0.406. The van der Waals surface area contributed by atoms with Crippen molar-refractivity contribution in [2.75, 3.05) is 6.61 Å². The van der Waals surface area contributed by atoms with Gasteiger partial charge in [-0.3, -0.25) is 0 Å². The Morgan fingerprint density at radius 1 is 1.75 bits per heavy atom. The number of hydrogen-bond donors (Lipinski definition) is 1. The van der Waals surface area contributed by atoms with Crippen molar-refractivity contribution in [3.8, 4) is 0 Å². The number of aliphatic hydroxyl groups is 1. The molecule has 1 nitrogen and oxygen atoms in total. The second-order valence-corrected chi connectivity index (χ2v) is 3.33. The Morgan fingerprint density at radius 3 is 2.00 bits per heavy atom. The molecule has 21 valence electrons. The molecule has 1 N–H and O–H groups in total. The molecule has 0 saturated heterocycles. The van der Waals surface area contributed by atoms with Gasteiger partial charge in [0, 0.05) is 0 Å². The van der Waals surface area contributed by atoms with Gasteiger partial charge in [0.1, 0.15) is 0 Å². The van der Waals surface area contributed by atoms with Crippen molar-refractivity contribution in [1.82, 2.24) is 0 Å². The summed E-state index contributed by atoms with van der Waals surface area (Å²) in [4.78, 5) is 0. The van der Waals surface area contributed by atoms with Crippen LogP contribution in [0, 0.1) is 0 Å². The van der Waals surface area contributed by atoms with E-state index in [4.69, 9.17) is 5.11 Å². The topological polar surface area (TPSA) is 20.2 Å². The van der Waals surface area contributed by atoms with Crippen LogP contribution in [0.4, 0.5) is 0 Å². The fourth-order valence-electron chi connectivity index (χ4n) is 0. The molecule has 0 bridgehead atoms. The Balaban J connectivity index is 1.97. The van der Waals surface area contributed by atoms with Gasteiger partial charge in [0.25, 0.3) is 0 Å². The zero-order chi connectivity index (χ0) is 3.41. The van der Waals surface area contributed by atoms with E-state index in [-0.39, 0.29) is 0 Å². The fraction of sp³-hybridized carbons (Fsp3) is 1.00. The molecule has 0 unspecified atom stereocenters. The molecule has 0 aromatic carbocycles. The summed E-state index contributed by atoms with van der Waals surface area (Å²) in [6.07, 6.45) is 0. The van der Waals surface area contributed by atoms with Gasteiger partial charge in [0.15, 0.2) is 0 Å². The number of hydrogen-bond acceptors (Lipinski definition) is 1. The van der Waals surface area contributed by atoms with E-state index in [1.165, 1.54) is 0 Å². The van der Waals surface area contributed by atoms with Crippen LogP contribution in [0.15, 0.2) is 0 Å². The molecule has 0 aliphatic carbocycles. The Kier molecular flexibility index (Phi) is 4.77. The molecule has 0 atom stereocenters. The summed E-state index contributed by atoms with van der Waals surface area (Å²) in [5.74, 6) is 0. The average molecular weight is 246 g/mol. The van der Waals surface area contributed by atoms with E-state index in [1.807, 2.05) is 0 Å². The molecule has 0 saturated carbocycles. The van der Waals surface area contributed by atoms with Gasteiger partial charge in [-0.15, -0.1) is 0 Å². The van der Waals surface area contributed by atoms with Gasteiger partial charge in [-0.25, -0.2) is 0 Å². The quantitative estimate of drug-likeness (QED) is 0.642. The zero-order valence-electron chi connectivity index (χ0n) is 2.57. The standard InChI is InChI=1S/C2H5O.Hg/c1-2-3;/h3H,1-2H2;. The van der Waals surface area contributed by atoms with Crippen molar-refractivity contribution in [3.05, 3.63) is 0 Å². The van der Waals surface area contributed by atoms with Crippen LogP contribution < -0.4 is 0 Å². The summed E-state index contributed by atoms with van der Waals surface area (Å²) in [5, 5.41) is 7.92. The molecule has 0 aromatic heterocycles. The molecule has 0 heterocycles. The summed E-state index contributed by atoms with van der Waals surface area (Å²) in [5.41, 5.74) is 0. The monoisotopic (exact) mass is 247 g/mol. The van der Waals surface area contributed by atoms with Crippen molar-refractivity contribution in [1.29, 1.82) is 0 Å². The van der Waals surface area contributed by atoms with Crippen LogP contribution in [0.5, 0.6) is 0 Å². The van der Waals surface area contributed by atoms with E-state index in [0.29, 0.717) is 6.61 Å². The molecule has 0 spiro atoms. The molecule has 0 amide bonds. The first-order valence-electron chi connectivity index (χ1n) is 1.32. The van der Waals surface area contributed by atoms with Crippen molar-refractivity contribution in [2.45, 2.75) is 3.93 Å². The molecule has 2 heteroatoms. The van der Waals surface area contributed by atoms with Gasteiger partial charge in [-0.1, -0.05) is 0 Å². The summed E-state index contributed by atoms with van der Waals surface area (Å²) in [6.45, 7) is 0.406. The fourth-order valence-corrected chi connectivity index (χ4v) is 0. The first-order valence-corrected chi connectivity index (χ1v) is 5.20. The molecule has 0 aliphatic rings. The van der Waals surface area contributed by atoms with Crippen molar-refractivity contribution in [2.24, 2.45) is 0 Å². The second-order valence-electron chi connectivity index (χ2n) is 0.577. The summed E-state index contributed by atoms with van der Waals surface area (Å²) >= 11 is 0.823. The van der Waals surface area contributed by atoms with E-state index in [1.54, 1.807) is 0 Å². The molecule has 4 heavy (non-hydrogen) atoms. The molecule has 0 aromatic rings. The number of rotatable bonds is 1. The van der Waals surface area contributed by atoms with Crippen LogP contribution in [-0.4, -0.2) is 11.7 Å². The zero-order valence-corrected chi connectivity index (χ0v) is 8.07. The maximum atomic E-state index is 7.92. The molecular weight excluding hydrogens is 241 g/mol. The third-order valence-corrected chi connectivity index (χ3v) is 1.39. The normalized spacial score (nSPS) is 7.75. The Bertz CT molecular complexity index is 8.00. The van der Waals surface area contributed by atoms with Gasteiger partial charge < -0.3 is 0 Å². The third kappa shape index (κ3) is 2.90. The molecule has 0 radical (unpaired) electrons. The van der Waals surface area contributed by atoms with E-state index in [0.717, 1.165) is 30.1 Å². The third-order valence-electron chi connectivity index (χ3n) is 0.158. The number of aliphatic hydroxyl groups excluding tert-OH is 1. The van der Waals surface area contributed by atoms with Crippen LogP contribution in [0.2, 0.25) is 3.93 Å². The van der Waals surface area contributed by atoms with E-state index >= 15 is 0 Å². The van der Waals surface area contributed by atoms with Crippen LogP contribution in [0.3, 0.4) is 0 Å². The van der Waals surface area contributed by atoms with Gasteiger partial charge in [0.05, 0.1) is 0 Å². The van der Waals surface area contributed by atoms with Gasteiger partial charge in [-0.2, -0.15) is 0 Å². The average Bonchev–Trinajstić information content (AvgIpc) is 1.37. The summed E-state index contributed by atoms with van der Waals surface area (Å²) in [6, 6.07) is 0. The van der Waals surface area contributed by atoms with Crippen molar-refractivity contribution >= 4 is 0 Å². The predicted octanol–water partition coefficient (Wildman–Crippen LogP) is -0.0562. The molecule has 0 aliphatic heterocycles. The van der Waals surface area contributed by atoms with E-state index < -0.39 is 0 Å². The van der Waals surface area contributed by atoms with Gasteiger partial charge in [-0.05, 0) is 0 Å². The van der Waals surface area contributed by atoms with Gasteiger partial charge in [0.2, 0.25) is 0 Å². The SMILES string of the molecule is OC[CH2][Hg].